The molecule has 2 aromatic heterocycles. The SMILES string of the molecule is Cc1ccc(-n2c(C)nnc2SCC(=O)c2c(N)n(C)c(=O)n(C)c2=O)cc1. The second kappa shape index (κ2) is 7.47. The van der Waals surface area contributed by atoms with Crippen LogP contribution in [0.4, 0.5) is 5.82 Å². The monoisotopic (exact) mass is 400 g/mol. The number of nitrogen functional groups attached to an aromatic ring is 1. The van der Waals surface area contributed by atoms with Crippen LogP contribution in [0.25, 0.3) is 5.69 Å². The summed E-state index contributed by atoms with van der Waals surface area (Å²) in [5.74, 6) is -0.0113. The van der Waals surface area contributed by atoms with Gasteiger partial charge in [0, 0.05) is 19.8 Å². The molecule has 0 radical (unpaired) electrons. The Morgan fingerprint density at radius 3 is 2.36 bits per heavy atom. The zero-order valence-electron chi connectivity index (χ0n) is 16.0. The van der Waals surface area contributed by atoms with E-state index in [1.165, 1.54) is 14.1 Å². The Labute approximate surface area is 164 Å². The second-order valence-electron chi connectivity index (χ2n) is 6.38. The van der Waals surface area contributed by atoms with Crippen LogP contribution in [0.2, 0.25) is 0 Å². The van der Waals surface area contributed by atoms with E-state index in [2.05, 4.69) is 10.2 Å². The van der Waals surface area contributed by atoms with Crippen LogP contribution in [-0.2, 0) is 14.1 Å². The van der Waals surface area contributed by atoms with Crippen molar-refractivity contribution >= 4 is 23.4 Å². The van der Waals surface area contributed by atoms with Crippen molar-refractivity contribution in [3.05, 3.63) is 62.1 Å². The van der Waals surface area contributed by atoms with Gasteiger partial charge in [0.05, 0.1) is 5.75 Å². The fraction of sp³-hybridized carbons (Fsp3) is 0.278. The standard InChI is InChI=1S/C18H20N6O3S/c1-10-5-7-12(8-6-10)24-11(2)20-21-17(24)28-9-13(25)14-15(19)22(3)18(27)23(4)16(14)26/h5-8H,9,19H2,1-4H3. The van der Waals surface area contributed by atoms with Gasteiger partial charge in [-0.3, -0.25) is 23.3 Å². The van der Waals surface area contributed by atoms with E-state index in [1.807, 2.05) is 42.7 Å². The lowest BCUT2D eigenvalue weighted by atomic mass is 10.2. The van der Waals surface area contributed by atoms with E-state index in [-0.39, 0.29) is 17.1 Å². The van der Waals surface area contributed by atoms with E-state index in [9.17, 15) is 14.4 Å². The fourth-order valence-electron chi connectivity index (χ4n) is 2.75. The first-order valence-corrected chi connectivity index (χ1v) is 9.41. The highest BCUT2D eigenvalue weighted by Gasteiger charge is 2.21. The zero-order chi connectivity index (χ0) is 20.6. The maximum Gasteiger partial charge on any atom is 0.332 e. The molecule has 0 aliphatic rings. The lowest BCUT2D eigenvalue weighted by Gasteiger charge is -2.11. The van der Waals surface area contributed by atoms with Crippen molar-refractivity contribution in [1.29, 1.82) is 0 Å². The third-order valence-corrected chi connectivity index (χ3v) is 5.34. The summed E-state index contributed by atoms with van der Waals surface area (Å²) in [7, 11) is 2.73. The highest BCUT2D eigenvalue weighted by Crippen LogP contribution is 2.23. The number of carbonyl (C=O) groups excluding carboxylic acids is 1. The average molecular weight is 400 g/mol. The molecule has 9 nitrogen and oxygen atoms in total. The van der Waals surface area contributed by atoms with Gasteiger partial charge < -0.3 is 5.73 Å². The van der Waals surface area contributed by atoms with Gasteiger partial charge in [0.25, 0.3) is 5.56 Å². The third kappa shape index (κ3) is 3.38. The molecule has 0 bridgehead atoms. The first kappa shape index (κ1) is 19.6. The number of aryl methyl sites for hydroxylation is 2. The molecule has 0 saturated carbocycles. The first-order valence-electron chi connectivity index (χ1n) is 8.43. The molecule has 0 fully saturated rings. The molecule has 0 amide bonds. The van der Waals surface area contributed by atoms with Crippen LogP contribution < -0.4 is 17.0 Å². The van der Waals surface area contributed by atoms with Gasteiger partial charge in [-0.15, -0.1) is 10.2 Å². The Balaban J connectivity index is 1.91. The normalized spacial score (nSPS) is 11.0. The number of carbonyl (C=O) groups is 1. The zero-order valence-corrected chi connectivity index (χ0v) is 16.8. The Bertz CT molecular complexity index is 1170. The molecule has 0 aliphatic carbocycles. The van der Waals surface area contributed by atoms with Crippen molar-refractivity contribution in [2.24, 2.45) is 14.1 Å². The summed E-state index contributed by atoms with van der Waals surface area (Å²) in [5, 5.41) is 8.74. The van der Waals surface area contributed by atoms with E-state index in [4.69, 9.17) is 5.73 Å². The number of hydrogen-bond acceptors (Lipinski definition) is 7. The first-order chi connectivity index (χ1) is 13.2. The molecule has 0 aliphatic heterocycles. The Hall–Kier alpha value is -3.14. The molecule has 3 rings (SSSR count). The van der Waals surface area contributed by atoms with Crippen LogP contribution in [0.15, 0.2) is 39.0 Å². The summed E-state index contributed by atoms with van der Waals surface area (Å²) >= 11 is 1.15. The topological polar surface area (TPSA) is 118 Å². The number of ketones is 1. The van der Waals surface area contributed by atoms with Crippen molar-refractivity contribution in [3.63, 3.8) is 0 Å². The van der Waals surface area contributed by atoms with Crippen molar-refractivity contribution in [1.82, 2.24) is 23.9 Å². The highest BCUT2D eigenvalue weighted by atomic mass is 32.2. The van der Waals surface area contributed by atoms with Crippen LogP contribution in [0, 0.1) is 13.8 Å². The van der Waals surface area contributed by atoms with Crippen molar-refractivity contribution in [3.8, 4) is 5.69 Å². The van der Waals surface area contributed by atoms with E-state index in [1.54, 1.807) is 0 Å². The minimum Gasteiger partial charge on any atom is -0.384 e. The number of hydrogen-bond donors (Lipinski definition) is 1. The van der Waals surface area contributed by atoms with Crippen LogP contribution in [0.3, 0.4) is 0 Å². The summed E-state index contributed by atoms with van der Waals surface area (Å²) in [6, 6.07) is 7.84. The van der Waals surface area contributed by atoms with Gasteiger partial charge in [-0.05, 0) is 26.0 Å². The average Bonchev–Trinajstić information content (AvgIpc) is 3.04. The molecule has 2 N–H and O–H groups in total. The summed E-state index contributed by atoms with van der Waals surface area (Å²) in [4.78, 5) is 36.9. The Morgan fingerprint density at radius 1 is 1.07 bits per heavy atom. The summed E-state index contributed by atoms with van der Waals surface area (Å²) in [6.07, 6.45) is 0. The van der Waals surface area contributed by atoms with Gasteiger partial charge in [-0.2, -0.15) is 0 Å². The lowest BCUT2D eigenvalue weighted by Crippen LogP contribution is -2.41. The van der Waals surface area contributed by atoms with E-state index in [0.717, 1.165) is 32.1 Å². The number of Topliss-reactive ketones (excluding diaryl/α,β-unsaturated/α-hetero) is 1. The van der Waals surface area contributed by atoms with Crippen LogP contribution in [0.5, 0.6) is 0 Å². The number of anilines is 1. The number of benzene rings is 1. The number of nitrogens with two attached hydrogens (primary N) is 1. The van der Waals surface area contributed by atoms with Gasteiger partial charge in [0.1, 0.15) is 17.2 Å². The summed E-state index contributed by atoms with van der Waals surface area (Å²) in [5.41, 5.74) is 6.36. The molecule has 28 heavy (non-hydrogen) atoms. The van der Waals surface area contributed by atoms with Crippen molar-refractivity contribution in [2.45, 2.75) is 19.0 Å². The molecule has 0 atom stereocenters. The quantitative estimate of drug-likeness (QED) is 0.498. The lowest BCUT2D eigenvalue weighted by molar-refractivity contribution is 0.102. The maximum atomic E-state index is 12.7. The molecule has 0 spiro atoms. The van der Waals surface area contributed by atoms with E-state index >= 15 is 0 Å². The number of aromatic nitrogens is 5. The Kier molecular flexibility index (Phi) is 5.23. The molecule has 146 valence electrons. The predicted molar refractivity (Wildman–Crippen MR) is 107 cm³/mol. The van der Waals surface area contributed by atoms with Gasteiger partial charge in [0.2, 0.25) is 0 Å². The summed E-state index contributed by atoms with van der Waals surface area (Å²) < 4.78 is 3.78. The van der Waals surface area contributed by atoms with E-state index < -0.39 is 17.0 Å². The van der Waals surface area contributed by atoms with Gasteiger partial charge >= 0.3 is 5.69 Å². The number of thioether (sulfide) groups is 1. The smallest absolute Gasteiger partial charge is 0.332 e. The van der Waals surface area contributed by atoms with Crippen LogP contribution in [0.1, 0.15) is 21.7 Å². The predicted octanol–water partition coefficient (Wildman–Crippen LogP) is 0.839. The Morgan fingerprint density at radius 2 is 1.71 bits per heavy atom. The molecular weight excluding hydrogens is 380 g/mol. The number of rotatable bonds is 5. The molecular formula is C18H20N6O3S. The van der Waals surface area contributed by atoms with Crippen molar-refractivity contribution in [2.75, 3.05) is 11.5 Å². The largest absolute Gasteiger partial charge is 0.384 e. The molecule has 0 saturated heterocycles. The van der Waals surface area contributed by atoms with Gasteiger partial charge in [0.15, 0.2) is 10.9 Å². The molecule has 1 aromatic carbocycles. The molecule has 0 unspecified atom stereocenters. The van der Waals surface area contributed by atoms with Crippen LogP contribution in [-0.4, -0.2) is 35.4 Å². The third-order valence-electron chi connectivity index (χ3n) is 4.41. The fourth-order valence-corrected chi connectivity index (χ4v) is 3.62. The van der Waals surface area contributed by atoms with Crippen molar-refractivity contribution < 1.29 is 4.79 Å². The number of nitrogens with zero attached hydrogens (tertiary/aromatic N) is 5. The van der Waals surface area contributed by atoms with Gasteiger partial charge in [-0.1, -0.05) is 29.5 Å². The molecule has 10 heteroatoms. The minimum absolute atomic E-state index is 0.0678. The second-order valence-corrected chi connectivity index (χ2v) is 7.32. The van der Waals surface area contributed by atoms with E-state index in [0.29, 0.717) is 11.0 Å². The maximum absolute atomic E-state index is 12.7. The summed E-state index contributed by atoms with van der Waals surface area (Å²) in [6.45, 7) is 3.81. The molecule has 3 aromatic rings. The van der Waals surface area contributed by atoms with Gasteiger partial charge in [-0.25, -0.2) is 4.79 Å². The van der Waals surface area contributed by atoms with Crippen LogP contribution >= 0.6 is 11.8 Å². The highest BCUT2D eigenvalue weighted by molar-refractivity contribution is 7.99. The molecule has 2 heterocycles. The minimum atomic E-state index is -0.706.